The number of aromatic nitrogens is 1. The predicted octanol–water partition coefficient (Wildman–Crippen LogP) is 2.22. The molecule has 1 aliphatic carbocycles. The minimum absolute atomic E-state index is 0.00783. The minimum atomic E-state index is -0.221. The van der Waals surface area contributed by atoms with Crippen molar-refractivity contribution in [3.8, 4) is 11.8 Å². The zero-order valence-electron chi connectivity index (χ0n) is 12.5. The minimum Gasteiger partial charge on any atom is -0.384 e. The number of hydrogen-bond donors (Lipinski definition) is 1. The Morgan fingerprint density at radius 2 is 2.10 bits per heavy atom. The number of amides is 1. The fourth-order valence-electron chi connectivity index (χ4n) is 2.82. The van der Waals surface area contributed by atoms with Gasteiger partial charge in [0.15, 0.2) is 0 Å². The number of carbonyl (C=O) groups excluding carboxylic acids is 1. The second kappa shape index (κ2) is 7.80. The molecule has 4 heteroatoms. The molecule has 0 spiro atoms. The Morgan fingerprint density at radius 1 is 1.38 bits per heavy atom. The van der Waals surface area contributed by atoms with E-state index in [1.165, 1.54) is 25.7 Å². The predicted molar refractivity (Wildman–Crippen MR) is 81.8 cm³/mol. The van der Waals surface area contributed by atoms with E-state index in [9.17, 15) is 4.79 Å². The summed E-state index contributed by atoms with van der Waals surface area (Å²) in [5, 5.41) is 8.81. The van der Waals surface area contributed by atoms with Crippen molar-refractivity contribution in [1.82, 2.24) is 9.88 Å². The smallest absolute Gasteiger partial charge is 0.255 e. The molecule has 0 radical (unpaired) electrons. The summed E-state index contributed by atoms with van der Waals surface area (Å²) in [4.78, 5) is 18.6. The van der Waals surface area contributed by atoms with Crippen molar-refractivity contribution in [2.45, 2.75) is 44.6 Å². The van der Waals surface area contributed by atoms with Crippen LogP contribution in [-0.4, -0.2) is 40.6 Å². The van der Waals surface area contributed by atoms with Gasteiger partial charge < -0.3 is 10.0 Å². The van der Waals surface area contributed by atoms with E-state index in [2.05, 4.69) is 16.8 Å². The Bertz CT molecular complexity index is 537. The highest BCUT2D eigenvalue weighted by Crippen LogP contribution is 2.22. The van der Waals surface area contributed by atoms with E-state index in [-0.39, 0.29) is 12.5 Å². The normalized spacial score (nSPS) is 15.7. The molecular formula is C17H22N2O2. The zero-order chi connectivity index (χ0) is 15.1. The van der Waals surface area contributed by atoms with E-state index < -0.39 is 0 Å². The van der Waals surface area contributed by atoms with Crippen molar-refractivity contribution in [2.75, 3.05) is 13.7 Å². The first kappa shape index (κ1) is 15.5. The van der Waals surface area contributed by atoms with Crippen LogP contribution >= 0.6 is 0 Å². The summed E-state index contributed by atoms with van der Waals surface area (Å²) in [5.41, 5.74) is 1.15. The van der Waals surface area contributed by atoms with E-state index in [1.54, 1.807) is 18.5 Å². The van der Waals surface area contributed by atoms with E-state index >= 15 is 0 Å². The summed E-state index contributed by atoms with van der Waals surface area (Å²) in [7, 11) is 1.88. The largest absolute Gasteiger partial charge is 0.384 e. The first-order chi connectivity index (χ1) is 10.2. The summed E-state index contributed by atoms with van der Waals surface area (Å²) in [6.07, 6.45) is 10.2. The van der Waals surface area contributed by atoms with Gasteiger partial charge in [-0.2, -0.15) is 0 Å². The van der Waals surface area contributed by atoms with E-state index in [1.807, 2.05) is 11.9 Å². The Balaban J connectivity index is 2.18. The second-order valence-corrected chi connectivity index (χ2v) is 5.44. The maximum atomic E-state index is 12.7. The van der Waals surface area contributed by atoms with Crippen LogP contribution in [0.1, 0.15) is 54.4 Å². The number of aliphatic hydroxyl groups excluding tert-OH is 1. The topological polar surface area (TPSA) is 53.4 Å². The lowest BCUT2D eigenvalue weighted by Crippen LogP contribution is -2.37. The standard InChI is InChI=1S/C17H22N2O2/c1-19(15-8-4-2-3-5-9-15)17(21)16-10-11-18-13-14(16)7-6-12-20/h10-11,13,15,20H,2-5,8-9,12H2,1H3. The Kier molecular flexibility index (Phi) is 5.77. The van der Waals surface area contributed by atoms with Crippen LogP contribution in [0.5, 0.6) is 0 Å². The molecule has 1 aliphatic rings. The summed E-state index contributed by atoms with van der Waals surface area (Å²) >= 11 is 0. The molecule has 0 bridgehead atoms. The summed E-state index contributed by atoms with van der Waals surface area (Å²) in [5.74, 6) is 5.38. The fourth-order valence-corrected chi connectivity index (χ4v) is 2.82. The van der Waals surface area contributed by atoms with Crippen molar-refractivity contribution in [3.63, 3.8) is 0 Å². The molecule has 1 aromatic heterocycles. The van der Waals surface area contributed by atoms with Crippen LogP contribution in [0.4, 0.5) is 0 Å². The Labute approximate surface area is 126 Å². The lowest BCUT2D eigenvalue weighted by Gasteiger charge is -2.27. The molecule has 1 fully saturated rings. The highest BCUT2D eigenvalue weighted by atomic mass is 16.2. The van der Waals surface area contributed by atoms with Gasteiger partial charge in [0, 0.05) is 25.5 Å². The first-order valence-corrected chi connectivity index (χ1v) is 7.55. The number of nitrogens with zero attached hydrogens (tertiary/aromatic N) is 2. The highest BCUT2D eigenvalue weighted by molar-refractivity contribution is 5.96. The molecule has 112 valence electrons. The SMILES string of the molecule is CN(C(=O)c1ccncc1C#CCO)C1CCCCCC1. The molecule has 0 aromatic carbocycles. The Morgan fingerprint density at radius 3 is 2.76 bits per heavy atom. The van der Waals surface area contributed by atoms with E-state index in [0.29, 0.717) is 17.2 Å². The monoisotopic (exact) mass is 286 g/mol. The van der Waals surface area contributed by atoms with Crippen LogP contribution < -0.4 is 0 Å². The average Bonchev–Trinajstić information content (AvgIpc) is 2.81. The molecule has 0 saturated heterocycles. The lowest BCUT2D eigenvalue weighted by molar-refractivity contribution is 0.0717. The van der Waals surface area contributed by atoms with Gasteiger partial charge in [0.25, 0.3) is 5.91 Å². The zero-order valence-corrected chi connectivity index (χ0v) is 12.5. The van der Waals surface area contributed by atoms with Crippen molar-refractivity contribution in [2.24, 2.45) is 0 Å². The molecule has 1 saturated carbocycles. The van der Waals surface area contributed by atoms with Gasteiger partial charge in [-0.15, -0.1) is 0 Å². The fraction of sp³-hybridized carbons (Fsp3) is 0.529. The molecule has 0 atom stereocenters. The van der Waals surface area contributed by atoms with Crippen LogP contribution in [-0.2, 0) is 0 Å². The number of pyridine rings is 1. The molecule has 1 amide bonds. The molecule has 1 N–H and O–H groups in total. The molecular weight excluding hydrogens is 264 g/mol. The third-order valence-electron chi connectivity index (χ3n) is 4.05. The van der Waals surface area contributed by atoms with Crippen molar-refractivity contribution >= 4 is 5.91 Å². The molecule has 0 aliphatic heterocycles. The highest BCUT2D eigenvalue weighted by Gasteiger charge is 2.23. The quantitative estimate of drug-likeness (QED) is 0.670. The number of hydrogen-bond acceptors (Lipinski definition) is 3. The van der Waals surface area contributed by atoms with Crippen molar-refractivity contribution in [3.05, 3.63) is 29.6 Å². The number of aliphatic hydroxyl groups is 1. The summed E-state index contributed by atoms with van der Waals surface area (Å²) < 4.78 is 0. The van der Waals surface area contributed by atoms with E-state index in [0.717, 1.165) is 12.8 Å². The first-order valence-electron chi connectivity index (χ1n) is 7.55. The molecule has 4 nitrogen and oxygen atoms in total. The third kappa shape index (κ3) is 4.05. The second-order valence-electron chi connectivity index (χ2n) is 5.44. The molecule has 21 heavy (non-hydrogen) atoms. The van der Waals surface area contributed by atoms with Crippen LogP contribution in [0, 0.1) is 11.8 Å². The van der Waals surface area contributed by atoms with Crippen molar-refractivity contribution in [1.29, 1.82) is 0 Å². The van der Waals surface area contributed by atoms with Crippen LogP contribution in [0.15, 0.2) is 18.5 Å². The Hall–Kier alpha value is -1.86. The summed E-state index contributed by atoms with van der Waals surface area (Å²) in [6, 6.07) is 2.02. The maximum absolute atomic E-state index is 12.7. The molecule has 1 heterocycles. The van der Waals surface area contributed by atoms with Crippen LogP contribution in [0.25, 0.3) is 0 Å². The van der Waals surface area contributed by atoms with Crippen molar-refractivity contribution < 1.29 is 9.90 Å². The number of rotatable bonds is 2. The van der Waals surface area contributed by atoms with Crippen LogP contribution in [0.3, 0.4) is 0 Å². The van der Waals surface area contributed by atoms with Gasteiger partial charge in [-0.25, -0.2) is 0 Å². The van der Waals surface area contributed by atoms with Gasteiger partial charge >= 0.3 is 0 Å². The maximum Gasteiger partial charge on any atom is 0.255 e. The van der Waals surface area contributed by atoms with Gasteiger partial charge in [-0.1, -0.05) is 37.5 Å². The van der Waals surface area contributed by atoms with Gasteiger partial charge in [-0.3, -0.25) is 9.78 Å². The van der Waals surface area contributed by atoms with E-state index in [4.69, 9.17) is 5.11 Å². The van der Waals surface area contributed by atoms with Gasteiger partial charge in [-0.05, 0) is 18.9 Å². The van der Waals surface area contributed by atoms with Crippen LogP contribution in [0.2, 0.25) is 0 Å². The average molecular weight is 286 g/mol. The molecule has 0 unspecified atom stereocenters. The lowest BCUT2D eigenvalue weighted by atomic mass is 10.0. The number of carbonyl (C=O) groups is 1. The van der Waals surface area contributed by atoms with Gasteiger partial charge in [0.2, 0.25) is 0 Å². The molecule has 2 rings (SSSR count). The summed E-state index contributed by atoms with van der Waals surface area (Å²) in [6.45, 7) is -0.221. The third-order valence-corrected chi connectivity index (χ3v) is 4.05. The molecule has 1 aromatic rings. The van der Waals surface area contributed by atoms with Gasteiger partial charge in [0.1, 0.15) is 6.61 Å². The van der Waals surface area contributed by atoms with Gasteiger partial charge in [0.05, 0.1) is 11.1 Å².